The smallest absolute Gasteiger partial charge is 0.329 e. The summed E-state index contributed by atoms with van der Waals surface area (Å²) in [4.78, 5) is 21.7. The molecule has 0 heterocycles. The van der Waals surface area contributed by atoms with Crippen LogP contribution in [-0.4, -0.2) is 29.6 Å². The number of hydrogen-bond donors (Lipinski definition) is 2. The van der Waals surface area contributed by atoms with E-state index < -0.39 is 17.9 Å². The molecule has 2 N–H and O–H groups in total. The van der Waals surface area contributed by atoms with Gasteiger partial charge in [-0.15, -0.1) is 0 Å². The molecule has 0 saturated carbocycles. The Morgan fingerprint density at radius 1 is 1.50 bits per heavy atom. The summed E-state index contributed by atoms with van der Waals surface area (Å²) in [6, 6.07) is 4.07. The molecular weight excluding hydrogens is 258 g/mol. The topological polar surface area (TPSA) is 75.6 Å². The van der Waals surface area contributed by atoms with Crippen molar-refractivity contribution in [3.8, 4) is 5.75 Å². The SMILES string of the molecule is CC(=O)NC(COc1ccc(C)cc1Cl)C(=O)O. The van der Waals surface area contributed by atoms with Gasteiger partial charge in [0.1, 0.15) is 12.4 Å². The Balaban J connectivity index is 2.66. The number of amides is 1. The predicted molar refractivity (Wildman–Crippen MR) is 66.9 cm³/mol. The van der Waals surface area contributed by atoms with Crippen LogP contribution in [0.4, 0.5) is 0 Å². The summed E-state index contributed by atoms with van der Waals surface area (Å²) in [5.41, 5.74) is 0.976. The molecule has 0 bridgehead atoms. The summed E-state index contributed by atoms with van der Waals surface area (Å²) >= 11 is 5.94. The Morgan fingerprint density at radius 2 is 2.17 bits per heavy atom. The van der Waals surface area contributed by atoms with Gasteiger partial charge in [-0.05, 0) is 24.6 Å². The van der Waals surface area contributed by atoms with Gasteiger partial charge in [-0.1, -0.05) is 17.7 Å². The number of benzene rings is 1. The average Bonchev–Trinajstić information content (AvgIpc) is 2.25. The van der Waals surface area contributed by atoms with E-state index in [-0.39, 0.29) is 6.61 Å². The Bertz CT molecular complexity index is 461. The lowest BCUT2D eigenvalue weighted by atomic mass is 10.2. The monoisotopic (exact) mass is 271 g/mol. The summed E-state index contributed by atoms with van der Waals surface area (Å²) in [6.07, 6.45) is 0. The Morgan fingerprint density at radius 3 is 2.67 bits per heavy atom. The van der Waals surface area contributed by atoms with Gasteiger partial charge in [0, 0.05) is 6.92 Å². The lowest BCUT2D eigenvalue weighted by Crippen LogP contribution is -2.43. The standard InChI is InChI=1S/C12H14ClNO4/c1-7-3-4-11(9(13)5-7)18-6-10(12(16)17)14-8(2)15/h3-5,10H,6H2,1-2H3,(H,14,15)(H,16,17). The lowest BCUT2D eigenvalue weighted by molar-refractivity contribution is -0.142. The molecule has 0 aliphatic rings. The van der Waals surface area contributed by atoms with Gasteiger partial charge in [-0.3, -0.25) is 4.79 Å². The largest absolute Gasteiger partial charge is 0.489 e. The highest BCUT2D eigenvalue weighted by molar-refractivity contribution is 6.32. The highest BCUT2D eigenvalue weighted by atomic mass is 35.5. The van der Waals surface area contributed by atoms with Gasteiger partial charge in [0.15, 0.2) is 6.04 Å². The molecule has 1 rings (SSSR count). The zero-order valence-electron chi connectivity index (χ0n) is 10.1. The molecule has 0 saturated heterocycles. The Hall–Kier alpha value is -1.75. The second kappa shape index (κ2) is 6.26. The highest BCUT2D eigenvalue weighted by Crippen LogP contribution is 2.25. The zero-order valence-corrected chi connectivity index (χ0v) is 10.8. The predicted octanol–water partition coefficient (Wildman–Crippen LogP) is 1.62. The van der Waals surface area contributed by atoms with Crippen molar-refractivity contribution in [2.75, 3.05) is 6.61 Å². The van der Waals surface area contributed by atoms with Crippen molar-refractivity contribution in [2.45, 2.75) is 19.9 Å². The molecular formula is C12H14ClNO4. The second-order valence-corrected chi connectivity index (χ2v) is 4.24. The minimum absolute atomic E-state index is 0.183. The van der Waals surface area contributed by atoms with E-state index in [9.17, 15) is 9.59 Å². The average molecular weight is 272 g/mol. The van der Waals surface area contributed by atoms with E-state index in [0.29, 0.717) is 10.8 Å². The van der Waals surface area contributed by atoms with Crippen LogP contribution in [0, 0.1) is 6.92 Å². The summed E-state index contributed by atoms with van der Waals surface area (Å²) in [7, 11) is 0. The van der Waals surface area contributed by atoms with Crippen molar-refractivity contribution in [3.63, 3.8) is 0 Å². The number of carbonyl (C=O) groups excluding carboxylic acids is 1. The third-order valence-electron chi connectivity index (χ3n) is 2.17. The van der Waals surface area contributed by atoms with E-state index in [0.717, 1.165) is 5.56 Å². The molecule has 5 nitrogen and oxygen atoms in total. The maximum Gasteiger partial charge on any atom is 0.329 e. The normalized spacial score (nSPS) is 11.7. The summed E-state index contributed by atoms with van der Waals surface area (Å²) in [5, 5.41) is 11.6. The van der Waals surface area contributed by atoms with Gasteiger partial charge >= 0.3 is 5.97 Å². The number of nitrogens with one attached hydrogen (secondary N) is 1. The number of carbonyl (C=O) groups is 2. The maximum atomic E-state index is 10.9. The van der Waals surface area contributed by atoms with Gasteiger partial charge in [0.05, 0.1) is 5.02 Å². The zero-order chi connectivity index (χ0) is 13.7. The highest BCUT2D eigenvalue weighted by Gasteiger charge is 2.19. The van der Waals surface area contributed by atoms with Crippen LogP contribution in [-0.2, 0) is 9.59 Å². The van der Waals surface area contributed by atoms with E-state index in [2.05, 4.69) is 5.32 Å². The van der Waals surface area contributed by atoms with Crippen molar-refractivity contribution in [1.29, 1.82) is 0 Å². The minimum Gasteiger partial charge on any atom is -0.489 e. The molecule has 1 unspecified atom stereocenters. The van der Waals surface area contributed by atoms with Gasteiger partial charge in [0.2, 0.25) is 5.91 Å². The first-order valence-corrected chi connectivity index (χ1v) is 5.67. The number of ether oxygens (including phenoxy) is 1. The van der Waals surface area contributed by atoms with Crippen LogP contribution in [0.25, 0.3) is 0 Å². The van der Waals surface area contributed by atoms with Crippen molar-refractivity contribution in [2.24, 2.45) is 0 Å². The molecule has 0 radical (unpaired) electrons. The second-order valence-electron chi connectivity index (χ2n) is 3.84. The van der Waals surface area contributed by atoms with E-state index in [1.807, 2.05) is 6.92 Å². The third kappa shape index (κ3) is 4.25. The molecule has 1 amide bonds. The fraction of sp³-hybridized carbons (Fsp3) is 0.333. The van der Waals surface area contributed by atoms with E-state index in [4.69, 9.17) is 21.4 Å². The first-order chi connectivity index (χ1) is 8.40. The number of carboxylic acids is 1. The van der Waals surface area contributed by atoms with E-state index >= 15 is 0 Å². The van der Waals surface area contributed by atoms with Gasteiger partial charge in [-0.25, -0.2) is 4.79 Å². The molecule has 98 valence electrons. The maximum absolute atomic E-state index is 10.9. The van der Waals surface area contributed by atoms with Crippen molar-refractivity contribution in [3.05, 3.63) is 28.8 Å². The van der Waals surface area contributed by atoms with Crippen LogP contribution in [0.2, 0.25) is 5.02 Å². The van der Waals surface area contributed by atoms with Crippen molar-refractivity contribution in [1.82, 2.24) is 5.32 Å². The quantitative estimate of drug-likeness (QED) is 0.853. The van der Waals surface area contributed by atoms with Crippen molar-refractivity contribution >= 4 is 23.5 Å². The summed E-state index contributed by atoms with van der Waals surface area (Å²) in [6.45, 7) is 2.94. The lowest BCUT2D eigenvalue weighted by Gasteiger charge is -2.15. The molecule has 6 heteroatoms. The Labute approximate surface area is 110 Å². The molecule has 0 fully saturated rings. The number of rotatable bonds is 5. The summed E-state index contributed by atoms with van der Waals surface area (Å²) in [5.74, 6) is -1.20. The van der Waals surface area contributed by atoms with Crippen LogP contribution in [0.5, 0.6) is 5.75 Å². The minimum atomic E-state index is -1.16. The third-order valence-corrected chi connectivity index (χ3v) is 2.46. The molecule has 0 aliphatic heterocycles. The number of hydrogen-bond acceptors (Lipinski definition) is 3. The van der Waals surface area contributed by atoms with Gasteiger partial charge < -0.3 is 15.2 Å². The molecule has 1 aromatic rings. The number of aliphatic carboxylic acids is 1. The van der Waals surface area contributed by atoms with Crippen LogP contribution in [0.3, 0.4) is 0 Å². The fourth-order valence-electron chi connectivity index (χ4n) is 1.32. The van der Waals surface area contributed by atoms with Gasteiger partial charge in [0.25, 0.3) is 0 Å². The molecule has 1 atom stereocenters. The van der Waals surface area contributed by atoms with Crippen LogP contribution in [0.1, 0.15) is 12.5 Å². The van der Waals surface area contributed by atoms with Gasteiger partial charge in [-0.2, -0.15) is 0 Å². The Kier molecular flexibility index (Phi) is 4.97. The number of halogens is 1. The van der Waals surface area contributed by atoms with E-state index in [1.165, 1.54) is 6.92 Å². The molecule has 1 aromatic carbocycles. The summed E-state index contributed by atoms with van der Waals surface area (Å²) < 4.78 is 5.29. The molecule has 18 heavy (non-hydrogen) atoms. The molecule has 0 aliphatic carbocycles. The van der Waals surface area contributed by atoms with Crippen LogP contribution in [0.15, 0.2) is 18.2 Å². The first-order valence-electron chi connectivity index (χ1n) is 5.29. The van der Waals surface area contributed by atoms with Crippen LogP contribution < -0.4 is 10.1 Å². The number of aryl methyl sites for hydroxylation is 1. The van der Waals surface area contributed by atoms with Crippen LogP contribution >= 0.6 is 11.6 Å². The number of carboxylic acid groups (broad SMARTS) is 1. The molecule has 0 aromatic heterocycles. The van der Waals surface area contributed by atoms with E-state index in [1.54, 1.807) is 18.2 Å². The molecule has 0 spiro atoms. The fourth-order valence-corrected chi connectivity index (χ4v) is 1.61. The van der Waals surface area contributed by atoms with Crippen molar-refractivity contribution < 1.29 is 19.4 Å². The first kappa shape index (κ1) is 14.3.